The van der Waals surface area contributed by atoms with Gasteiger partial charge in [-0.05, 0) is 37.3 Å². The van der Waals surface area contributed by atoms with Gasteiger partial charge in [-0.1, -0.05) is 29.8 Å². The lowest BCUT2D eigenvalue weighted by atomic mass is 10.1. The molecule has 6 heteroatoms. The van der Waals surface area contributed by atoms with E-state index in [2.05, 4.69) is 11.2 Å². The molecule has 0 radical (unpaired) electrons. The summed E-state index contributed by atoms with van der Waals surface area (Å²) in [7, 11) is 0. The number of aryl methyl sites for hydroxylation is 1. The molecule has 0 saturated heterocycles. The molecule has 0 atom stereocenters. The quantitative estimate of drug-likeness (QED) is 0.436. The smallest absolute Gasteiger partial charge is 0.311 e. The van der Waals surface area contributed by atoms with Crippen LogP contribution in [0, 0.1) is 0 Å². The molecule has 0 saturated carbocycles. The minimum absolute atomic E-state index is 0.253. The minimum atomic E-state index is -0.253. The third-order valence-electron chi connectivity index (χ3n) is 4.66. The van der Waals surface area contributed by atoms with Crippen molar-refractivity contribution in [2.75, 3.05) is 0 Å². The fourth-order valence-electron chi connectivity index (χ4n) is 3.46. The second kappa shape index (κ2) is 5.47. The van der Waals surface area contributed by atoms with Crippen LogP contribution in [0.2, 0.25) is 5.02 Å². The van der Waals surface area contributed by atoms with E-state index in [-0.39, 0.29) is 11.3 Å². The number of aromatic nitrogens is 3. The van der Waals surface area contributed by atoms with E-state index in [1.54, 1.807) is 18.3 Å². The zero-order chi connectivity index (χ0) is 17.8. The molecule has 0 spiro atoms. The van der Waals surface area contributed by atoms with Crippen molar-refractivity contribution in [3.63, 3.8) is 0 Å². The number of para-hydroxylation sites is 1. The monoisotopic (exact) mass is 363 g/mol. The average molecular weight is 364 g/mol. The highest BCUT2D eigenvalue weighted by atomic mass is 35.5. The van der Waals surface area contributed by atoms with Gasteiger partial charge in [0.1, 0.15) is 11.4 Å². The molecule has 2 aromatic heterocycles. The van der Waals surface area contributed by atoms with E-state index in [9.17, 15) is 4.79 Å². The van der Waals surface area contributed by atoms with E-state index in [0.717, 1.165) is 22.2 Å². The van der Waals surface area contributed by atoms with E-state index in [0.29, 0.717) is 23.0 Å². The van der Waals surface area contributed by atoms with E-state index in [1.807, 2.05) is 41.8 Å². The molecule has 26 heavy (non-hydrogen) atoms. The fourth-order valence-corrected chi connectivity index (χ4v) is 3.63. The van der Waals surface area contributed by atoms with Gasteiger partial charge in [-0.2, -0.15) is 5.10 Å². The summed E-state index contributed by atoms with van der Waals surface area (Å²) >= 11 is 6.24. The van der Waals surface area contributed by atoms with Crippen LogP contribution in [-0.4, -0.2) is 14.3 Å². The molecule has 0 amide bonds. The van der Waals surface area contributed by atoms with Crippen LogP contribution in [-0.2, 0) is 6.54 Å². The predicted octanol–water partition coefficient (Wildman–Crippen LogP) is 4.63. The van der Waals surface area contributed by atoms with E-state index < -0.39 is 0 Å². The van der Waals surface area contributed by atoms with E-state index in [4.69, 9.17) is 16.3 Å². The minimum Gasteiger partial charge on any atom is -0.448 e. The van der Waals surface area contributed by atoms with Gasteiger partial charge < -0.3 is 9.30 Å². The van der Waals surface area contributed by atoms with E-state index >= 15 is 0 Å². The Morgan fingerprint density at radius 2 is 2.00 bits per heavy atom. The lowest BCUT2D eigenvalue weighted by Gasteiger charge is -2.11. The molecule has 0 bridgehead atoms. The number of hydrogen-bond acceptors (Lipinski definition) is 3. The van der Waals surface area contributed by atoms with Crippen molar-refractivity contribution in [3.8, 4) is 28.4 Å². The summed E-state index contributed by atoms with van der Waals surface area (Å²) < 4.78 is 9.48. The van der Waals surface area contributed by atoms with Crippen LogP contribution in [0.3, 0.4) is 0 Å². The van der Waals surface area contributed by atoms with Gasteiger partial charge >= 0.3 is 5.56 Å². The van der Waals surface area contributed by atoms with Crippen molar-refractivity contribution in [1.82, 2.24) is 14.3 Å². The van der Waals surface area contributed by atoms with E-state index in [1.165, 1.54) is 4.68 Å². The molecule has 5 rings (SSSR count). The first-order valence-corrected chi connectivity index (χ1v) is 8.74. The summed E-state index contributed by atoms with van der Waals surface area (Å²) in [5.74, 6) is 0.869. The zero-order valence-electron chi connectivity index (χ0n) is 13.9. The molecule has 5 nitrogen and oxygen atoms in total. The van der Waals surface area contributed by atoms with Crippen LogP contribution >= 0.6 is 11.6 Å². The van der Waals surface area contributed by atoms with Crippen LogP contribution in [0.4, 0.5) is 0 Å². The summed E-state index contributed by atoms with van der Waals surface area (Å²) in [5, 5.41) is 5.98. The Balaban J connectivity index is 1.98. The maximum atomic E-state index is 12.9. The number of fused-ring (bicyclic) bond motifs is 7. The number of hydrogen-bond donors (Lipinski definition) is 0. The van der Waals surface area contributed by atoms with Crippen molar-refractivity contribution < 1.29 is 4.74 Å². The molecule has 3 heterocycles. The standard InChI is InChI=1S/C20H14ClN3O2/c1-2-23-20(25)19-17(11-22-23)24-15-6-4-3-5-12(15)9-16(24)14-10-13(21)7-8-18(14)26-19/h3-11H,2H2,1H3. The van der Waals surface area contributed by atoms with Crippen molar-refractivity contribution in [2.45, 2.75) is 13.5 Å². The highest BCUT2D eigenvalue weighted by Crippen LogP contribution is 2.43. The molecule has 1 aliphatic heterocycles. The third kappa shape index (κ3) is 2.04. The van der Waals surface area contributed by atoms with Crippen LogP contribution < -0.4 is 10.3 Å². The first-order chi connectivity index (χ1) is 12.7. The highest BCUT2D eigenvalue weighted by molar-refractivity contribution is 6.31. The molecule has 128 valence electrons. The summed E-state index contributed by atoms with van der Waals surface area (Å²) in [6, 6.07) is 15.5. The van der Waals surface area contributed by atoms with Crippen molar-refractivity contribution in [3.05, 3.63) is 70.1 Å². The predicted molar refractivity (Wildman–Crippen MR) is 102 cm³/mol. The average Bonchev–Trinajstić information content (AvgIpc) is 2.97. The molecule has 0 fully saturated rings. The first-order valence-electron chi connectivity index (χ1n) is 8.36. The highest BCUT2D eigenvalue weighted by Gasteiger charge is 2.26. The molecule has 0 aliphatic carbocycles. The molecular weight excluding hydrogens is 350 g/mol. The fraction of sp³-hybridized carbons (Fsp3) is 0.100. The lowest BCUT2D eigenvalue weighted by molar-refractivity contribution is 0.459. The Hall–Kier alpha value is -3.05. The van der Waals surface area contributed by atoms with Crippen molar-refractivity contribution in [1.29, 1.82) is 0 Å². The van der Waals surface area contributed by atoms with Gasteiger partial charge in [0.2, 0.25) is 5.75 Å². The number of nitrogens with zero attached hydrogens (tertiary/aromatic N) is 3. The number of benzene rings is 2. The number of halogens is 1. The Morgan fingerprint density at radius 3 is 2.85 bits per heavy atom. The lowest BCUT2D eigenvalue weighted by Crippen LogP contribution is -2.24. The SMILES string of the molecule is CCn1ncc2c(c1=O)Oc1ccc(Cl)cc1-c1cc3ccccc3n1-2. The summed E-state index contributed by atoms with van der Waals surface area (Å²) in [4.78, 5) is 12.9. The number of rotatable bonds is 1. The van der Waals surface area contributed by atoms with Gasteiger partial charge in [0.25, 0.3) is 0 Å². The summed E-state index contributed by atoms with van der Waals surface area (Å²) in [5.41, 5.74) is 3.11. The zero-order valence-corrected chi connectivity index (χ0v) is 14.7. The molecule has 0 unspecified atom stereocenters. The Morgan fingerprint density at radius 1 is 1.15 bits per heavy atom. The van der Waals surface area contributed by atoms with Gasteiger partial charge in [0.05, 0.1) is 17.4 Å². The Kier molecular flexibility index (Phi) is 3.21. The normalized spacial score (nSPS) is 12.1. The molecule has 1 aliphatic rings. The Labute approximate surface area is 154 Å². The van der Waals surface area contributed by atoms with Gasteiger partial charge in [-0.15, -0.1) is 0 Å². The topological polar surface area (TPSA) is 49.1 Å². The summed E-state index contributed by atoms with van der Waals surface area (Å²) in [6.07, 6.45) is 1.68. The number of ether oxygens (including phenoxy) is 1. The van der Waals surface area contributed by atoms with Crippen LogP contribution in [0.1, 0.15) is 6.92 Å². The second-order valence-corrected chi connectivity index (χ2v) is 6.58. The first kappa shape index (κ1) is 15.2. The van der Waals surface area contributed by atoms with Gasteiger partial charge in [0, 0.05) is 22.5 Å². The molecule has 2 aromatic carbocycles. The van der Waals surface area contributed by atoms with Gasteiger partial charge in [-0.3, -0.25) is 4.79 Å². The van der Waals surface area contributed by atoms with Crippen molar-refractivity contribution >= 4 is 22.5 Å². The second-order valence-electron chi connectivity index (χ2n) is 6.15. The summed E-state index contributed by atoms with van der Waals surface area (Å²) in [6.45, 7) is 2.35. The molecule has 0 N–H and O–H groups in total. The molecule has 4 aromatic rings. The van der Waals surface area contributed by atoms with Crippen LogP contribution in [0.25, 0.3) is 27.8 Å². The Bertz CT molecular complexity index is 1240. The maximum Gasteiger partial charge on any atom is 0.311 e. The van der Waals surface area contributed by atoms with Gasteiger partial charge in [-0.25, -0.2) is 4.68 Å². The van der Waals surface area contributed by atoms with Gasteiger partial charge in [0.15, 0.2) is 0 Å². The van der Waals surface area contributed by atoms with Crippen LogP contribution in [0.5, 0.6) is 11.5 Å². The maximum absolute atomic E-state index is 12.9. The van der Waals surface area contributed by atoms with Crippen molar-refractivity contribution in [2.24, 2.45) is 0 Å². The van der Waals surface area contributed by atoms with Crippen LogP contribution in [0.15, 0.2) is 59.5 Å². The third-order valence-corrected chi connectivity index (χ3v) is 4.90. The largest absolute Gasteiger partial charge is 0.448 e. The molecular formula is C20H14ClN3O2.